The van der Waals surface area contributed by atoms with Crippen LogP contribution >= 0.6 is 0 Å². The Hall–Kier alpha value is -1.40. The van der Waals surface area contributed by atoms with Gasteiger partial charge in [0.25, 0.3) is 0 Å². The van der Waals surface area contributed by atoms with E-state index >= 15 is 0 Å². The monoisotopic (exact) mass is 237 g/mol. The molecule has 17 heavy (non-hydrogen) atoms. The molecule has 0 saturated carbocycles. The molecule has 0 aromatic carbocycles. The molecule has 1 aliphatic heterocycles. The molecule has 0 aliphatic carbocycles. The highest BCUT2D eigenvalue weighted by molar-refractivity contribution is 5.40. The van der Waals surface area contributed by atoms with Crippen LogP contribution in [-0.2, 0) is 0 Å². The van der Waals surface area contributed by atoms with Gasteiger partial charge in [-0.25, -0.2) is 0 Å². The Morgan fingerprint density at radius 3 is 3.00 bits per heavy atom. The molecule has 0 amide bonds. The van der Waals surface area contributed by atoms with Crippen LogP contribution in [0.5, 0.6) is 5.88 Å². The van der Waals surface area contributed by atoms with Crippen molar-refractivity contribution in [3.63, 3.8) is 0 Å². The fourth-order valence-corrected chi connectivity index (χ4v) is 2.09. The van der Waals surface area contributed by atoms with Gasteiger partial charge in [0, 0.05) is 26.2 Å². The first-order valence-electron chi connectivity index (χ1n) is 5.76. The number of aromatic nitrogens is 2. The lowest BCUT2D eigenvalue weighted by atomic mass is 10.2. The van der Waals surface area contributed by atoms with Gasteiger partial charge >= 0.3 is 0 Å². The lowest BCUT2D eigenvalue weighted by molar-refractivity contribution is 0.268. The first-order chi connectivity index (χ1) is 8.24. The van der Waals surface area contributed by atoms with E-state index in [1.807, 2.05) is 0 Å². The second-order valence-corrected chi connectivity index (χ2v) is 4.26. The third-order valence-corrected chi connectivity index (χ3v) is 3.06. The zero-order chi connectivity index (χ0) is 12.3. The molecule has 6 nitrogen and oxygen atoms in total. The third kappa shape index (κ3) is 2.65. The average Bonchev–Trinajstić information content (AvgIpc) is 2.38. The van der Waals surface area contributed by atoms with Crippen molar-refractivity contribution >= 4 is 5.82 Å². The highest BCUT2D eigenvalue weighted by Gasteiger charge is 2.25. The van der Waals surface area contributed by atoms with Crippen LogP contribution in [0.3, 0.4) is 0 Å². The van der Waals surface area contributed by atoms with Gasteiger partial charge in [-0.15, -0.1) is 0 Å². The highest BCUT2D eigenvalue weighted by Crippen LogP contribution is 2.18. The lowest BCUT2D eigenvalue weighted by Crippen LogP contribution is -2.55. The van der Waals surface area contributed by atoms with Gasteiger partial charge in [0.1, 0.15) is 0 Å². The van der Waals surface area contributed by atoms with E-state index in [4.69, 9.17) is 10.5 Å². The minimum atomic E-state index is 0.287. The maximum atomic E-state index is 5.82. The summed E-state index contributed by atoms with van der Waals surface area (Å²) in [7, 11) is 3.70. The van der Waals surface area contributed by atoms with Crippen molar-refractivity contribution in [1.29, 1.82) is 0 Å². The van der Waals surface area contributed by atoms with E-state index < -0.39 is 0 Å². The molecular weight excluding hydrogens is 218 g/mol. The number of ether oxygens (including phenoxy) is 1. The summed E-state index contributed by atoms with van der Waals surface area (Å²) in [6, 6.07) is 0.287. The van der Waals surface area contributed by atoms with Crippen LogP contribution in [0.2, 0.25) is 0 Å². The van der Waals surface area contributed by atoms with Crippen molar-refractivity contribution in [2.24, 2.45) is 5.73 Å². The molecule has 6 heteroatoms. The highest BCUT2D eigenvalue weighted by atomic mass is 16.5. The van der Waals surface area contributed by atoms with Crippen LogP contribution in [-0.4, -0.2) is 61.2 Å². The van der Waals surface area contributed by atoms with Crippen LogP contribution in [0.15, 0.2) is 12.4 Å². The normalized spacial score (nSPS) is 21.6. The molecule has 1 aromatic heterocycles. The molecule has 1 fully saturated rings. The van der Waals surface area contributed by atoms with Crippen LogP contribution in [0.4, 0.5) is 5.82 Å². The number of rotatable bonds is 3. The molecule has 0 spiro atoms. The molecule has 0 radical (unpaired) electrons. The summed E-state index contributed by atoms with van der Waals surface area (Å²) in [5, 5.41) is 0. The topological polar surface area (TPSA) is 67.5 Å². The van der Waals surface area contributed by atoms with Crippen molar-refractivity contribution in [3.8, 4) is 5.88 Å². The molecule has 94 valence electrons. The number of hydrogen-bond donors (Lipinski definition) is 1. The van der Waals surface area contributed by atoms with Crippen LogP contribution in [0.25, 0.3) is 0 Å². The summed E-state index contributed by atoms with van der Waals surface area (Å²) in [5.74, 6) is 1.38. The molecule has 1 saturated heterocycles. The minimum absolute atomic E-state index is 0.287. The van der Waals surface area contributed by atoms with Gasteiger partial charge in [-0.3, -0.25) is 4.98 Å². The van der Waals surface area contributed by atoms with E-state index in [1.54, 1.807) is 19.5 Å². The quantitative estimate of drug-likeness (QED) is 0.769. The van der Waals surface area contributed by atoms with Crippen LogP contribution in [0.1, 0.15) is 0 Å². The predicted molar refractivity (Wildman–Crippen MR) is 66.3 cm³/mol. The number of nitrogens with two attached hydrogens (primary N) is 1. The Morgan fingerprint density at radius 2 is 2.29 bits per heavy atom. The van der Waals surface area contributed by atoms with Crippen LogP contribution < -0.4 is 15.4 Å². The van der Waals surface area contributed by atoms with Gasteiger partial charge in [0.15, 0.2) is 5.82 Å². The van der Waals surface area contributed by atoms with Crippen molar-refractivity contribution < 1.29 is 4.74 Å². The Kier molecular flexibility index (Phi) is 3.75. The summed E-state index contributed by atoms with van der Waals surface area (Å²) in [6.45, 7) is 3.49. The van der Waals surface area contributed by atoms with Crippen molar-refractivity contribution in [1.82, 2.24) is 14.9 Å². The Balaban J connectivity index is 2.19. The second-order valence-electron chi connectivity index (χ2n) is 4.26. The van der Waals surface area contributed by atoms with E-state index in [1.165, 1.54) is 0 Å². The molecule has 0 bridgehead atoms. The summed E-state index contributed by atoms with van der Waals surface area (Å²) in [4.78, 5) is 13.0. The van der Waals surface area contributed by atoms with E-state index in [-0.39, 0.29) is 6.04 Å². The lowest BCUT2D eigenvalue weighted by Gasteiger charge is -2.40. The molecule has 2 heterocycles. The molecule has 1 aliphatic rings. The first-order valence-corrected chi connectivity index (χ1v) is 5.76. The standard InChI is InChI=1S/C11H19N5O/c1-15-3-4-16(9(5-12)8-15)10-6-13-7-11(14-10)17-2/h6-7,9H,3-5,8,12H2,1-2H3. The number of likely N-dealkylation sites (N-methyl/N-ethyl adjacent to an activating group) is 1. The summed E-state index contributed by atoms with van der Waals surface area (Å²) >= 11 is 0. The minimum Gasteiger partial charge on any atom is -0.480 e. The zero-order valence-electron chi connectivity index (χ0n) is 10.3. The van der Waals surface area contributed by atoms with E-state index in [0.29, 0.717) is 12.4 Å². The fourth-order valence-electron chi connectivity index (χ4n) is 2.09. The summed E-state index contributed by atoms with van der Waals surface area (Å²) in [5.41, 5.74) is 5.82. The first kappa shape index (κ1) is 12.1. The molecule has 2 N–H and O–H groups in total. The average molecular weight is 237 g/mol. The third-order valence-electron chi connectivity index (χ3n) is 3.06. The molecular formula is C11H19N5O. The number of anilines is 1. The second kappa shape index (κ2) is 5.29. The van der Waals surface area contributed by atoms with Crippen molar-refractivity contribution in [2.75, 3.05) is 45.2 Å². The Bertz CT molecular complexity index is 373. The van der Waals surface area contributed by atoms with Gasteiger partial charge < -0.3 is 20.3 Å². The number of hydrogen-bond acceptors (Lipinski definition) is 6. The smallest absolute Gasteiger partial charge is 0.233 e. The van der Waals surface area contributed by atoms with Crippen molar-refractivity contribution in [2.45, 2.75) is 6.04 Å². The fraction of sp³-hybridized carbons (Fsp3) is 0.636. The van der Waals surface area contributed by atoms with Crippen molar-refractivity contribution in [3.05, 3.63) is 12.4 Å². The zero-order valence-corrected chi connectivity index (χ0v) is 10.3. The maximum absolute atomic E-state index is 5.82. The Labute approximate surface area is 101 Å². The molecule has 1 atom stereocenters. The maximum Gasteiger partial charge on any atom is 0.233 e. The number of piperazine rings is 1. The van der Waals surface area contributed by atoms with Gasteiger partial charge in [0.05, 0.1) is 25.5 Å². The molecule has 1 unspecified atom stereocenters. The van der Waals surface area contributed by atoms with Crippen LogP contribution in [0, 0.1) is 0 Å². The molecule has 1 aromatic rings. The number of methoxy groups -OCH3 is 1. The molecule has 2 rings (SSSR count). The summed E-state index contributed by atoms with van der Waals surface area (Å²) < 4.78 is 5.09. The largest absolute Gasteiger partial charge is 0.480 e. The van der Waals surface area contributed by atoms with E-state index in [2.05, 4.69) is 26.8 Å². The van der Waals surface area contributed by atoms with E-state index in [9.17, 15) is 0 Å². The van der Waals surface area contributed by atoms with E-state index in [0.717, 1.165) is 25.5 Å². The van der Waals surface area contributed by atoms with Gasteiger partial charge in [-0.1, -0.05) is 0 Å². The van der Waals surface area contributed by atoms with Gasteiger partial charge in [-0.2, -0.15) is 4.98 Å². The van der Waals surface area contributed by atoms with Gasteiger partial charge in [0.2, 0.25) is 5.88 Å². The SMILES string of the molecule is COc1cncc(N2CCN(C)CC2CN)n1. The van der Waals surface area contributed by atoms with Gasteiger partial charge in [-0.05, 0) is 7.05 Å². The predicted octanol–water partition coefficient (Wildman–Crippen LogP) is -0.436. The summed E-state index contributed by atoms with van der Waals surface area (Å²) in [6.07, 6.45) is 3.37. The Morgan fingerprint density at radius 1 is 1.47 bits per heavy atom. The number of nitrogens with zero attached hydrogens (tertiary/aromatic N) is 4.